The number of halogens is 1. The van der Waals surface area contributed by atoms with Crippen molar-refractivity contribution in [2.75, 3.05) is 19.3 Å². The number of carbonyl (C=O) groups excluding carboxylic acids is 1. The molecular formula is C15H23ClN2O3S. The lowest BCUT2D eigenvalue weighted by Crippen LogP contribution is -2.43. The van der Waals surface area contributed by atoms with Crippen LogP contribution in [-0.4, -0.2) is 44.0 Å². The molecule has 1 aromatic rings. The molecule has 0 aliphatic rings. The molecule has 0 aliphatic carbocycles. The standard InChI is InChI=1S/C15H23ClN2O3S/c1-4-12(2)18(22(3,20)21)10-9-17-15(19)11-13-5-7-14(16)8-6-13/h5-8,12H,4,9-11H2,1-3H3,(H,17,19). The minimum absolute atomic E-state index is 0.0804. The van der Waals surface area contributed by atoms with Crippen LogP contribution in [0, 0.1) is 0 Å². The molecule has 0 aliphatic heterocycles. The molecule has 5 nitrogen and oxygen atoms in total. The maximum atomic E-state index is 11.9. The first kappa shape index (κ1) is 18.9. The van der Waals surface area contributed by atoms with Crippen molar-refractivity contribution >= 4 is 27.5 Å². The molecule has 0 saturated heterocycles. The Balaban J connectivity index is 2.48. The van der Waals surface area contributed by atoms with Crippen LogP contribution in [-0.2, 0) is 21.2 Å². The van der Waals surface area contributed by atoms with Gasteiger partial charge in [-0.1, -0.05) is 30.7 Å². The lowest BCUT2D eigenvalue weighted by atomic mass is 10.1. The van der Waals surface area contributed by atoms with Crippen LogP contribution < -0.4 is 5.32 Å². The van der Waals surface area contributed by atoms with E-state index in [0.717, 1.165) is 12.0 Å². The van der Waals surface area contributed by atoms with E-state index in [1.54, 1.807) is 24.3 Å². The molecular weight excluding hydrogens is 324 g/mol. The van der Waals surface area contributed by atoms with Crippen LogP contribution in [0.1, 0.15) is 25.8 Å². The zero-order valence-electron chi connectivity index (χ0n) is 13.2. The van der Waals surface area contributed by atoms with Crippen LogP contribution in [0.4, 0.5) is 0 Å². The van der Waals surface area contributed by atoms with Crippen molar-refractivity contribution in [2.45, 2.75) is 32.7 Å². The van der Waals surface area contributed by atoms with Crippen LogP contribution in [0.5, 0.6) is 0 Å². The van der Waals surface area contributed by atoms with Crippen LogP contribution in [0.25, 0.3) is 0 Å². The third-order valence-corrected chi connectivity index (χ3v) is 5.09. The molecule has 0 radical (unpaired) electrons. The van der Waals surface area contributed by atoms with Crippen LogP contribution in [0.2, 0.25) is 5.02 Å². The van der Waals surface area contributed by atoms with Crippen molar-refractivity contribution in [1.29, 1.82) is 0 Å². The van der Waals surface area contributed by atoms with E-state index >= 15 is 0 Å². The molecule has 1 unspecified atom stereocenters. The quantitative estimate of drug-likeness (QED) is 0.783. The van der Waals surface area contributed by atoms with E-state index in [-0.39, 0.29) is 24.9 Å². The SMILES string of the molecule is CCC(C)N(CCNC(=O)Cc1ccc(Cl)cc1)S(C)(=O)=O. The van der Waals surface area contributed by atoms with E-state index in [1.165, 1.54) is 10.6 Å². The highest BCUT2D eigenvalue weighted by molar-refractivity contribution is 7.88. The largest absolute Gasteiger partial charge is 0.354 e. The minimum Gasteiger partial charge on any atom is -0.354 e. The normalized spacial score (nSPS) is 13.1. The number of hydrogen-bond acceptors (Lipinski definition) is 3. The number of carbonyl (C=O) groups is 1. The summed E-state index contributed by atoms with van der Waals surface area (Å²) in [4.78, 5) is 11.9. The monoisotopic (exact) mass is 346 g/mol. The first-order chi connectivity index (χ1) is 10.2. The Bertz CT molecular complexity index is 587. The molecule has 0 bridgehead atoms. The summed E-state index contributed by atoms with van der Waals surface area (Å²) in [7, 11) is -3.27. The van der Waals surface area contributed by atoms with Gasteiger partial charge in [0, 0.05) is 24.2 Å². The molecule has 1 rings (SSSR count). The van der Waals surface area contributed by atoms with E-state index in [9.17, 15) is 13.2 Å². The van der Waals surface area contributed by atoms with Gasteiger partial charge in [-0.25, -0.2) is 8.42 Å². The molecule has 1 N–H and O–H groups in total. The maximum absolute atomic E-state index is 11.9. The number of hydrogen-bond donors (Lipinski definition) is 1. The van der Waals surface area contributed by atoms with E-state index < -0.39 is 10.0 Å². The van der Waals surface area contributed by atoms with Gasteiger partial charge in [-0.15, -0.1) is 0 Å². The predicted molar refractivity (Wildman–Crippen MR) is 89.5 cm³/mol. The number of benzene rings is 1. The molecule has 124 valence electrons. The van der Waals surface area contributed by atoms with Crippen LogP contribution in [0.3, 0.4) is 0 Å². The summed E-state index contributed by atoms with van der Waals surface area (Å²) in [5.41, 5.74) is 0.865. The Hall–Kier alpha value is -1.11. The topological polar surface area (TPSA) is 66.5 Å². The van der Waals surface area contributed by atoms with Gasteiger partial charge in [-0.3, -0.25) is 4.79 Å². The first-order valence-corrected chi connectivity index (χ1v) is 9.44. The number of nitrogens with one attached hydrogen (secondary N) is 1. The number of sulfonamides is 1. The minimum atomic E-state index is -3.27. The molecule has 1 aromatic carbocycles. The fraction of sp³-hybridized carbons (Fsp3) is 0.533. The highest BCUT2D eigenvalue weighted by Gasteiger charge is 2.21. The zero-order valence-corrected chi connectivity index (χ0v) is 14.7. The van der Waals surface area contributed by atoms with Gasteiger partial charge in [0.05, 0.1) is 12.7 Å². The van der Waals surface area contributed by atoms with Gasteiger partial charge < -0.3 is 5.32 Å². The lowest BCUT2D eigenvalue weighted by Gasteiger charge is -2.25. The zero-order chi connectivity index (χ0) is 16.8. The van der Waals surface area contributed by atoms with Crippen LogP contribution in [0.15, 0.2) is 24.3 Å². The lowest BCUT2D eigenvalue weighted by molar-refractivity contribution is -0.120. The Morgan fingerprint density at radius 1 is 1.32 bits per heavy atom. The number of amides is 1. The third kappa shape index (κ3) is 6.34. The second kappa shape index (κ2) is 8.50. The van der Waals surface area contributed by atoms with Crippen molar-refractivity contribution in [3.63, 3.8) is 0 Å². The van der Waals surface area contributed by atoms with Gasteiger partial charge in [0.2, 0.25) is 15.9 Å². The van der Waals surface area contributed by atoms with Crippen molar-refractivity contribution < 1.29 is 13.2 Å². The fourth-order valence-corrected chi connectivity index (χ4v) is 3.42. The number of nitrogens with zero attached hydrogens (tertiary/aromatic N) is 1. The summed E-state index contributed by atoms with van der Waals surface area (Å²) in [6, 6.07) is 6.98. The highest BCUT2D eigenvalue weighted by Crippen LogP contribution is 2.10. The smallest absolute Gasteiger partial charge is 0.224 e. The summed E-state index contributed by atoms with van der Waals surface area (Å²) < 4.78 is 24.9. The van der Waals surface area contributed by atoms with Gasteiger partial charge in [-0.05, 0) is 31.0 Å². The Morgan fingerprint density at radius 3 is 2.41 bits per heavy atom. The molecule has 0 saturated carbocycles. The number of rotatable bonds is 8. The van der Waals surface area contributed by atoms with E-state index in [1.807, 2.05) is 13.8 Å². The van der Waals surface area contributed by atoms with Gasteiger partial charge in [0.15, 0.2) is 0 Å². The summed E-state index contributed by atoms with van der Waals surface area (Å²) in [6.07, 6.45) is 2.17. The van der Waals surface area contributed by atoms with Gasteiger partial charge in [-0.2, -0.15) is 4.31 Å². The molecule has 0 fully saturated rings. The molecule has 1 amide bonds. The average Bonchev–Trinajstić information content (AvgIpc) is 2.44. The van der Waals surface area contributed by atoms with Crippen molar-refractivity contribution in [3.05, 3.63) is 34.9 Å². The fourth-order valence-electron chi connectivity index (χ4n) is 2.07. The summed E-state index contributed by atoms with van der Waals surface area (Å²) >= 11 is 5.79. The third-order valence-electron chi connectivity index (χ3n) is 3.44. The Labute approximate surface area is 137 Å². The van der Waals surface area contributed by atoms with Crippen molar-refractivity contribution in [3.8, 4) is 0 Å². The molecule has 1 atom stereocenters. The predicted octanol–water partition coefficient (Wildman–Crippen LogP) is 2.06. The maximum Gasteiger partial charge on any atom is 0.224 e. The molecule has 0 aromatic heterocycles. The van der Waals surface area contributed by atoms with Gasteiger partial charge >= 0.3 is 0 Å². The summed E-state index contributed by atoms with van der Waals surface area (Å²) in [5.74, 6) is -0.139. The molecule has 0 spiro atoms. The average molecular weight is 347 g/mol. The van der Waals surface area contributed by atoms with E-state index in [2.05, 4.69) is 5.32 Å². The second-order valence-electron chi connectivity index (χ2n) is 5.28. The molecule has 22 heavy (non-hydrogen) atoms. The van der Waals surface area contributed by atoms with E-state index in [0.29, 0.717) is 11.6 Å². The van der Waals surface area contributed by atoms with Crippen LogP contribution >= 0.6 is 11.6 Å². The van der Waals surface area contributed by atoms with Crippen molar-refractivity contribution in [2.24, 2.45) is 0 Å². The summed E-state index contributed by atoms with van der Waals surface area (Å²) in [6.45, 7) is 4.36. The summed E-state index contributed by atoms with van der Waals surface area (Å²) in [5, 5.41) is 3.38. The molecule has 7 heteroatoms. The Morgan fingerprint density at radius 2 is 1.91 bits per heavy atom. The first-order valence-electron chi connectivity index (χ1n) is 7.22. The second-order valence-corrected chi connectivity index (χ2v) is 7.66. The van der Waals surface area contributed by atoms with Gasteiger partial charge in [0.1, 0.15) is 0 Å². The Kier molecular flexibility index (Phi) is 7.32. The van der Waals surface area contributed by atoms with Gasteiger partial charge in [0.25, 0.3) is 0 Å². The highest BCUT2D eigenvalue weighted by atomic mass is 35.5. The van der Waals surface area contributed by atoms with E-state index in [4.69, 9.17) is 11.6 Å². The van der Waals surface area contributed by atoms with Crippen molar-refractivity contribution in [1.82, 2.24) is 9.62 Å². The molecule has 0 heterocycles.